The highest BCUT2D eigenvalue weighted by molar-refractivity contribution is 5.94. The molecule has 0 spiro atoms. The lowest BCUT2D eigenvalue weighted by Gasteiger charge is -2.06. The van der Waals surface area contributed by atoms with Crippen molar-refractivity contribution < 1.29 is 23.1 Å². The third-order valence-electron chi connectivity index (χ3n) is 1.67. The maximum absolute atomic E-state index is 13.2. The molecule has 1 N–H and O–H groups in total. The van der Waals surface area contributed by atoms with Gasteiger partial charge in [0.05, 0.1) is 14.2 Å². The van der Waals surface area contributed by atoms with Crippen molar-refractivity contribution in [2.45, 2.75) is 0 Å². The maximum Gasteiger partial charge on any atom is 0.280 e. The number of hydrogen-bond acceptors (Lipinski definition) is 3. The van der Waals surface area contributed by atoms with Gasteiger partial charge in [-0.3, -0.25) is 9.63 Å². The Morgan fingerprint density at radius 3 is 2.20 bits per heavy atom. The summed E-state index contributed by atoms with van der Waals surface area (Å²) in [6.45, 7) is 0. The Bertz CT molecular complexity index is 359. The molecule has 0 fully saturated rings. The SMILES string of the molecule is CONC(=O)c1c(F)cc(OC)cc1F. The van der Waals surface area contributed by atoms with Crippen molar-refractivity contribution in [1.82, 2.24) is 5.48 Å². The van der Waals surface area contributed by atoms with E-state index < -0.39 is 23.1 Å². The van der Waals surface area contributed by atoms with Gasteiger partial charge in [-0.25, -0.2) is 14.3 Å². The van der Waals surface area contributed by atoms with E-state index in [2.05, 4.69) is 9.57 Å². The topological polar surface area (TPSA) is 47.6 Å². The number of hydroxylamine groups is 1. The van der Waals surface area contributed by atoms with Gasteiger partial charge >= 0.3 is 0 Å². The Morgan fingerprint density at radius 1 is 1.27 bits per heavy atom. The molecule has 1 rings (SSSR count). The van der Waals surface area contributed by atoms with Gasteiger partial charge < -0.3 is 4.74 Å². The van der Waals surface area contributed by atoms with Crippen LogP contribution in [0.1, 0.15) is 10.4 Å². The zero-order chi connectivity index (χ0) is 11.4. The second-order valence-corrected chi connectivity index (χ2v) is 2.60. The molecule has 0 aliphatic rings. The van der Waals surface area contributed by atoms with E-state index in [1.165, 1.54) is 7.11 Å². The van der Waals surface area contributed by atoms with Crippen LogP contribution in [0.5, 0.6) is 5.75 Å². The van der Waals surface area contributed by atoms with Gasteiger partial charge in [0.2, 0.25) is 0 Å². The number of carbonyl (C=O) groups is 1. The van der Waals surface area contributed by atoms with Crippen molar-refractivity contribution in [1.29, 1.82) is 0 Å². The summed E-state index contributed by atoms with van der Waals surface area (Å²) in [6.07, 6.45) is 0. The standard InChI is InChI=1S/C9H9F2NO3/c1-14-5-3-6(10)8(7(11)4-5)9(13)12-15-2/h3-4H,1-2H3,(H,12,13). The highest BCUT2D eigenvalue weighted by Gasteiger charge is 2.18. The first-order valence-corrected chi connectivity index (χ1v) is 3.96. The molecular formula is C9H9F2NO3. The Balaban J connectivity index is 3.13. The van der Waals surface area contributed by atoms with E-state index >= 15 is 0 Å². The summed E-state index contributed by atoms with van der Waals surface area (Å²) in [5, 5.41) is 0. The first kappa shape index (κ1) is 11.4. The average molecular weight is 217 g/mol. The lowest BCUT2D eigenvalue weighted by molar-refractivity contribution is 0.0529. The van der Waals surface area contributed by atoms with E-state index in [0.29, 0.717) is 0 Å². The van der Waals surface area contributed by atoms with Crippen LogP contribution < -0.4 is 10.2 Å². The molecule has 0 radical (unpaired) electrons. The lowest BCUT2D eigenvalue weighted by Crippen LogP contribution is -2.24. The zero-order valence-electron chi connectivity index (χ0n) is 8.14. The monoisotopic (exact) mass is 217 g/mol. The molecule has 0 unspecified atom stereocenters. The molecule has 82 valence electrons. The highest BCUT2D eigenvalue weighted by atomic mass is 19.1. The Labute approximate surface area is 84.7 Å². The highest BCUT2D eigenvalue weighted by Crippen LogP contribution is 2.20. The molecule has 0 aromatic heterocycles. The number of methoxy groups -OCH3 is 1. The predicted molar refractivity (Wildman–Crippen MR) is 47.4 cm³/mol. The van der Waals surface area contributed by atoms with E-state index in [1.54, 1.807) is 0 Å². The molecule has 0 aliphatic heterocycles. The number of halogens is 2. The van der Waals surface area contributed by atoms with Crippen LogP contribution in [-0.4, -0.2) is 20.1 Å². The lowest BCUT2D eigenvalue weighted by atomic mass is 10.2. The van der Waals surface area contributed by atoms with Crippen molar-refractivity contribution in [2.75, 3.05) is 14.2 Å². The first-order valence-electron chi connectivity index (χ1n) is 3.96. The van der Waals surface area contributed by atoms with E-state index in [-0.39, 0.29) is 5.75 Å². The summed E-state index contributed by atoms with van der Waals surface area (Å²) >= 11 is 0. The first-order chi connectivity index (χ1) is 7.10. The van der Waals surface area contributed by atoms with Crippen LogP contribution >= 0.6 is 0 Å². The second kappa shape index (κ2) is 4.70. The van der Waals surface area contributed by atoms with E-state index in [4.69, 9.17) is 0 Å². The molecule has 0 aliphatic carbocycles. The van der Waals surface area contributed by atoms with Crippen molar-refractivity contribution >= 4 is 5.91 Å². The smallest absolute Gasteiger partial charge is 0.280 e. The zero-order valence-corrected chi connectivity index (χ0v) is 8.14. The van der Waals surface area contributed by atoms with Gasteiger partial charge in [0.25, 0.3) is 5.91 Å². The van der Waals surface area contributed by atoms with Gasteiger partial charge in [0.15, 0.2) is 0 Å². The molecule has 0 saturated heterocycles. The van der Waals surface area contributed by atoms with Crippen LogP contribution in [0, 0.1) is 11.6 Å². The minimum absolute atomic E-state index is 0.000957. The summed E-state index contributed by atoms with van der Waals surface area (Å²) in [6, 6.07) is 1.82. The predicted octanol–water partition coefficient (Wildman–Crippen LogP) is 1.26. The average Bonchev–Trinajstić information content (AvgIpc) is 2.16. The third kappa shape index (κ3) is 2.41. The third-order valence-corrected chi connectivity index (χ3v) is 1.67. The minimum Gasteiger partial charge on any atom is -0.497 e. The van der Waals surface area contributed by atoms with Gasteiger partial charge in [-0.15, -0.1) is 0 Å². The summed E-state index contributed by atoms with van der Waals surface area (Å²) in [5.74, 6) is -3.02. The molecule has 15 heavy (non-hydrogen) atoms. The summed E-state index contributed by atoms with van der Waals surface area (Å²) < 4.78 is 31.1. The molecule has 4 nitrogen and oxygen atoms in total. The van der Waals surface area contributed by atoms with Crippen molar-refractivity contribution in [2.24, 2.45) is 0 Å². The molecule has 0 bridgehead atoms. The summed E-state index contributed by atoms with van der Waals surface area (Å²) in [5.41, 5.74) is 1.11. The second-order valence-electron chi connectivity index (χ2n) is 2.60. The molecule has 6 heteroatoms. The number of ether oxygens (including phenoxy) is 1. The number of carbonyl (C=O) groups excluding carboxylic acids is 1. The summed E-state index contributed by atoms with van der Waals surface area (Å²) in [4.78, 5) is 15.4. The Hall–Kier alpha value is -1.69. The molecular weight excluding hydrogens is 208 g/mol. The van der Waals surface area contributed by atoms with Crippen LogP contribution in [0.15, 0.2) is 12.1 Å². The quantitative estimate of drug-likeness (QED) is 0.775. The summed E-state index contributed by atoms with van der Waals surface area (Å²) in [7, 11) is 2.43. The van der Waals surface area contributed by atoms with Crippen molar-refractivity contribution in [3.63, 3.8) is 0 Å². The Morgan fingerprint density at radius 2 is 1.80 bits per heavy atom. The van der Waals surface area contributed by atoms with Crippen LogP contribution in [0.25, 0.3) is 0 Å². The maximum atomic E-state index is 13.2. The van der Waals surface area contributed by atoms with Gasteiger partial charge in [-0.1, -0.05) is 0 Å². The number of amides is 1. The normalized spacial score (nSPS) is 9.87. The van der Waals surface area contributed by atoms with Crippen molar-refractivity contribution in [3.8, 4) is 5.75 Å². The van der Waals surface area contributed by atoms with Gasteiger partial charge in [-0.2, -0.15) is 0 Å². The number of nitrogens with one attached hydrogen (secondary N) is 1. The number of rotatable bonds is 3. The van der Waals surface area contributed by atoms with Gasteiger partial charge in [0.1, 0.15) is 22.9 Å². The fourth-order valence-corrected chi connectivity index (χ4v) is 1.03. The van der Waals surface area contributed by atoms with Crippen LogP contribution in [0.3, 0.4) is 0 Å². The van der Waals surface area contributed by atoms with Crippen LogP contribution in [-0.2, 0) is 4.84 Å². The van der Waals surface area contributed by atoms with E-state index in [9.17, 15) is 13.6 Å². The van der Waals surface area contributed by atoms with E-state index in [0.717, 1.165) is 19.2 Å². The minimum atomic E-state index is -1.01. The van der Waals surface area contributed by atoms with Gasteiger partial charge in [-0.05, 0) is 0 Å². The van der Waals surface area contributed by atoms with Crippen molar-refractivity contribution in [3.05, 3.63) is 29.3 Å². The molecule has 1 aromatic rings. The molecule has 1 aromatic carbocycles. The van der Waals surface area contributed by atoms with Gasteiger partial charge in [0, 0.05) is 12.1 Å². The Kier molecular flexibility index (Phi) is 3.56. The fraction of sp³-hybridized carbons (Fsp3) is 0.222. The molecule has 0 saturated carbocycles. The number of benzene rings is 1. The fourth-order valence-electron chi connectivity index (χ4n) is 1.03. The molecule has 0 heterocycles. The van der Waals surface area contributed by atoms with Crippen LogP contribution in [0.2, 0.25) is 0 Å². The molecule has 0 atom stereocenters. The molecule has 1 amide bonds. The largest absolute Gasteiger partial charge is 0.497 e. The van der Waals surface area contributed by atoms with E-state index in [1.807, 2.05) is 5.48 Å². The number of hydrogen-bond donors (Lipinski definition) is 1. The van der Waals surface area contributed by atoms with Crippen LogP contribution in [0.4, 0.5) is 8.78 Å².